The van der Waals surface area contributed by atoms with Crippen LogP contribution in [0.25, 0.3) is 10.8 Å². The summed E-state index contributed by atoms with van der Waals surface area (Å²) in [6.45, 7) is 3.69. The van der Waals surface area contributed by atoms with Crippen LogP contribution in [0.15, 0.2) is 48.7 Å². The number of aromatic nitrogens is 2. The van der Waals surface area contributed by atoms with Gasteiger partial charge < -0.3 is 14.2 Å². The van der Waals surface area contributed by atoms with Crippen LogP contribution in [-0.2, 0) is 23.0 Å². The molecule has 0 unspecified atom stereocenters. The molecule has 0 aliphatic carbocycles. The van der Waals surface area contributed by atoms with Gasteiger partial charge in [-0.25, -0.2) is 4.98 Å². The highest BCUT2D eigenvalue weighted by Gasteiger charge is 2.28. The second kappa shape index (κ2) is 6.92. The van der Waals surface area contributed by atoms with Crippen LogP contribution in [0.5, 0.6) is 0 Å². The number of carbonyl (C=O) groups excluding carboxylic acids is 1. The first-order chi connectivity index (χ1) is 12.6. The molecule has 2 heterocycles. The Morgan fingerprint density at radius 1 is 1.23 bits per heavy atom. The van der Waals surface area contributed by atoms with Gasteiger partial charge in [0.15, 0.2) is 0 Å². The number of rotatable bonds is 3. The zero-order chi connectivity index (χ0) is 18.1. The molecule has 1 fully saturated rings. The zero-order valence-electron chi connectivity index (χ0n) is 15.2. The highest BCUT2D eigenvalue weighted by Crippen LogP contribution is 2.22. The fraction of sp³-hybridized carbons (Fsp3) is 0.333. The Morgan fingerprint density at radius 3 is 2.81 bits per heavy atom. The summed E-state index contributed by atoms with van der Waals surface area (Å²) >= 11 is 0. The van der Waals surface area contributed by atoms with E-state index in [9.17, 15) is 4.79 Å². The standard InChI is InChI=1S/C21H23N3O2/c1-15-13-23(2)21(22-15)19-14-24(9-10-26-19)20(25)12-16-7-8-17-5-3-4-6-18(17)11-16/h3-8,11,13,19H,9-10,12,14H2,1-2H3/t19-/m1/s1. The normalized spacial score (nSPS) is 17.6. The van der Waals surface area contributed by atoms with Gasteiger partial charge in [-0.15, -0.1) is 0 Å². The number of hydrogen-bond acceptors (Lipinski definition) is 3. The maximum Gasteiger partial charge on any atom is 0.227 e. The summed E-state index contributed by atoms with van der Waals surface area (Å²) < 4.78 is 7.85. The number of aryl methyl sites for hydroxylation is 2. The summed E-state index contributed by atoms with van der Waals surface area (Å²) in [5.41, 5.74) is 2.01. The summed E-state index contributed by atoms with van der Waals surface area (Å²) in [6.07, 6.45) is 2.23. The summed E-state index contributed by atoms with van der Waals surface area (Å²) in [6, 6.07) is 14.4. The molecule has 1 aliphatic rings. The SMILES string of the molecule is Cc1cn(C)c([C@H]2CN(C(=O)Cc3ccc4ccccc4c3)CCO2)n1. The maximum atomic E-state index is 12.8. The number of ether oxygens (including phenoxy) is 1. The Kier molecular flexibility index (Phi) is 4.47. The Balaban J connectivity index is 1.47. The molecule has 1 amide bonds. The first-order valence-electron chi connectivity index (χ1n) is 8.97. The highest BCUT2D eigenvalue weighted by molar-refractivity contribution is 5.85. The fourth-order valence-electron chi connectivity index (χ4n) is 3.60. The van der Waals surface area contributed by atoms with Gasteiger partial charge in [-0.2, -0.15) is 0 Å². The average Bonchev–Trinajstić information content (AvgIpc) is 3.00. The molecule has 2 aromatic carbocycles. The molecule has 0 radical (unpaired) electrons. The Bertz CT molecular complexity index is 947. The van der Waals surface area contributed by atoms with Crippen LogP contribution in [0.3, 0.4) is 0 Å². The Morgan fingerprint density at radius 2 is 2.04 bits per heavy atom. The molecule has 5 heteroatoms. The van der Waals surface area contributed by atoms with Gasteiger partial charge in [-0.1, -0.05) is 42.5 Å². The van der Waals surface area contributed by atoms with Gasteiger partial charge in [0.25, 0.3) is 0 Å². The summed E-state index contributed by atoms with van der Waals surface area (Å²) in [7, 11) is 1.97. The van der Waals surface area contributed by atoms with Crippen molar-refractivity contribution in [1.29, 1.82) is 0 Å². The second-order valence-electron chi connectivity index (χ2n) is 6.91. The van der Waals surface area contributed by atoms with Gasteiger partial charge in [0.2, 0.25) is 5.91 Å². The molecule has 0 bridgehead atoms. The van der Waals surface area contributed by atoms with E-state index in [0.29, 0.717) is 26.1 Å². The number of nitrogens with zero attached hydrogens (tertiary/aromatic N) is 3. The number of imidazole rings is 1. The first-order valence-corrected chi connectivity index (χ1v) is 8.97. The lowest BCUT2D eigenvalue weighted by Gasteiger charge is -2.32. The quantitative estimate of drug-likeness (QED) is 0.730. The molecule has 5 nitrogen and oxygen atoms in total. The van der Waals surface area contributed by atoms with Crippen molar-refractivity contribution < 1.29 is 9.53 Å². The lowest BCUT2D eigenvalue weighted by molar-refractivity contribution is -0.138. The van der Waals surface area contributed by atoms with Gasteiger partial charge in [0.05, 0.1) is 25.3 Å². The molecule has 1 aliphatic heterocycles. The lowest BCUT2D eigenvalue weighted by atomic mass is 10.0. The summed E-state index contributed by atoms with van der Waals surface area (Å²) in [5, 5.41) is 2.36. The van der Waals surface area contributed by atoms with E-state index in [1.807, 2.05) is 47.8 Å². The molecule has 0 N–H and O–H groups in total. The minimum absolute atomic E-state index is 0.138. The average molecular weight is 349 g/mol. The molecular formula is C21H23N3O2. The fourth-order valence-corrected chi connectivity index (χ4v) is 3.60. The third-order valence-corrected chi connectivity index (χ3v) is 4.91. The van der Waals surface area contributed by atoms with E-state index in [2.05, 4.69) is 29.2 Å². The van der Waals surface area contributed by atoms with Crippen LogP contribution in [-0.4, -0.2) is 40.1 Å². The van der Waals surface area contributed by atoms with E-state index >= 15 is 0 Å². The van der Waals surface area contributed by atoms with Gasteiger partial charge in [-0.05, 0) is 23.3 Å². The van der Waals surface area contributed by atoms with Crippen LogP contribution in [0, 0.1) is 6.92 Å². The minimum Gasteiger partial charge on any atom is -0.367 e. The smallest absolute Gasteiger partial charge is 0.227 e. The van der Waals surface area contributed by atoms with Crippen LogP contribution in [0.4, 0.5) is 0 Å². The molecule has 1 saturated heterocycles. The topological polar surface area (TPSA) is 47.4 Å². The van der Waals surface area contributed by atoms with Gasteiger partial charge in [0, 0.05) is 19.8 Å². The predicted octanol–water partition coefficient (Wildman–Crippen LogP) is 3.02. The van der Waals surface area contributed by atoms with Crippen molar-refractivity contribution in [3.05, 3.63) is 65.7 Å². The monoisotopic (exact) mass is 349 g/mol. The van der Waals surface area contributed by atoms with E-state index in [1.54, 1.807) is 0 Å². The van der Waals surface area contributed by atoms with Gasteiger partial charge in [-0.3, -0.25) is 4.79 Å². The molecule has 4 rings (SSSR count). The van der Waals surface area contributed by atoms with E-state index in [-0.39, 0.29) is 12.0 Å². The predicted molar refractivity (Wildman–Crippen MR) is 101 cm³/mol. The van der Waals surface area contributed by atoms with Crippen LogP contribution < -0.4 is 0 Å². The number of hydrogen-bond donors (Lipinski definition) is 0. The van der Waals surface area contributed by atoms with E-state index in [0.717, 1.165) is 17.1 Å². The zero-order valence-corrected chi connectivity index (χ0v) is 15.2. The molecule has 26 heavy (non-hydrogen) atoms. The van der Waals surface area contributed by atoms with Crippen molar-refractivity contribution in [3.8, 4) is 0 Å². The number of carbonyl (C=O) groups is 1. The van der Waals surface area contributed by atoms with E-state index < -0.39 is 0 Å². The van der Waals surface area contributed by atoms with Crippen molar-refractivity contribution in [2.75, 3.05) is 19.7 Å². The number of morpholine rings is 1. The number of fused-ring (bicyclic) bond motifs is 1. The van der Waals surface area contributed by atoms with Crippen molar-refractivity contribution in [2.45, 2.75) is 19.4 Å². The van der Waals surface area contributed by atoms with Crippen LogP contribution >= 0.6 is 0 Å². The van der Waals surface area contributed by atoms with Crippen LogP contribution in [0.1, 0.15) is 23.2 Å². The molecule has 0 saturated carbocycles. The largest absolute Gasteiger partial charge is 0.367 e. The number of amides is 1. The van der Waals surface area contributed by atoms with Crippen molar-refractivity contribution in [1.82, 2.24) is 14.5 Å². The van der Waals surface area contributed by atoms with Crippen LogP contribution in [0.2, 0.25) is 0 Å². The molecule has 1 atom stereocenters. The molecule has 0 spiro atoms. The van der Waals surface area contributed by atoms with Gasteiger partial charge >= 0.3 is 0 Å². The molecule has 3 aromatic rings. The summed E-state index contributed by atoms with van der Waals surface area (Å²) in [5.74, 6) is 1.02. The third-order valence-electron chi connectivity index (χ3n) is 4.91. The van der Waals surface area contributed by atoms with Crippen molar-refractivity contribution >= 4 is 16.7 Å². The lowest BCUT2D eigenvalue weighted by Crippen LogP contribution is -2.43. The Hall–Kier alpha value is -2.66. The first kappa shape index (κ1) is 16.8. The molecule has 1 aromatic heterocycles. The number of benzene rings is 2. The Labute approximate surface area is 153 Å². The van der Waals surface area contributed by atoms with E-state index in [1.165, 1.54) is 10.8 Å². The van der Waals surface area contributed by atoms with E-state index in [4.69, 9.17) is 4.74 Å². The molecular weight excluding hydrogens is 326 g/mol. The van der Waals surface area contributed by atoms with Crippen molar-refractivity contribution in [2.24, 2.45) is 7.05 Å². The highest BCUT2D eigenvalue weighted by atomic mass is 16.5. The van der Waals surface area contributed by atoms with Crippen molar-refractivity contribution in [3.63, 3.8) is 0 Å². The van der Waals surface area contributed by atoms with Gasteiger partial charge in [0.1, 0.15) is 11.9 Å². The summed E-state index contributed by atoms with van der Waals surface area (Å²) in [4.78, 5) is 19.3. The molecule has 134 valence electrons. The minimum atomic E-state index is -0.164. The third kappa shape index (κ3) is 3.35. The maximum absolute atomic E-state index is 12.8. The second-order valence-corrected chi connectivity index (χ2v) is 6.91.